The van der Waals surface area contributed by atoms with Crippen molar-refractivity contribution >= 4 is 15.7 Å². The number of nitrogens with zero attached hydrogens (tertiary/aromatic N) is 3. The lowest BCUT2D eigenvalue weighted by Crippen LogP contribution is -2.40. The Morgan fingerprint density at radius 1 is 1.29 bits per heavy atom. The molecule has 2 aliphatic rings. The lowest BCUT2D eigenvalue weighted by Gasteiger charge is -2.25. The van der Waals surface area contributed by atoms with Crippen molar-refractivity contribution in [1.29, 1.82) is 0 Å². The van der Waals surface area contributed by atoms with E-state index in [1.807, 2.05) is 0 Å². The highest BCUT2D eigenvalue weighted by molar-refractivity contribution is 7.89. The molecular weight excluding hydrogens is 290 g/mol. The molecule has 0 aliphatic carbocycles. The molecule has 0 saturated carbocycles. The maximum Gasteiger partial charge on any atom is 0.262 e. The number of sulfonamides is 1. The molecule has 3 heterocycles. The average molecular weight is 311 g/mol. The number of nitrogens with two attached hydrogens (primary N) is 1. The Hall–Kier alpha value is -1.22. The lowest BCUT2D eigenvalue weighted by atomic mass is 10.2. The number of hydrogen-bond donors (Lipinski definition) is 2. The van der Waals surface area contributed by atoms with E-state index in [2.05, 4.69) is 15.3 Å². The summed E-state index contributed by atoms with van der Waals surface area (Å²) < 4.78 is 27.3. The third-order valence-corrected chi connectivity index (χ3v) is 6.10. The summed E-state index contributed by atoms with van der Waals surface area (Å²) in [6.07, 6.45) is 4.55. The van der Waals surface area contributed by atoms with Crippen molar-refractivity contribution in [2.45, 2.75) is 30.3 Å². The minimum Gasteiger partial charge on any atom is -0.321 e. The number of hydrazine groups is 1. The van der Waals surface area contributed by atoms with Crippen LogP contribution in [0, 0.1) is 0 Å². The molecule has 0 amide bonds. The molecule has 8 heteroatoms. The standard InChI is InChI=1S/C13H21N5O2S/c14-16-12-5-1-6-15-13(12)21(19,20)18-9-3-8-17-7-2-4-11(17)10-18/h1,5-6,11,16H,2-4,7-10,14H2. The fourth-order valence-electron chi connectivity index (χ4n) is 3.22. The summed E-state index contributed by atoms with van der Waals surface area (Å²) in [5.41, 5.74) is 2.76. The quantitative estimate of drug-likeness (QED) is 0.613. The van der Waals surface area contributed by atoms with E-state index in [-0.39, 0.29) is 5.03 Å². The number of anilines is 1. The SMILES string of the molecule is NNc1cccnc1S(=O)(=O)N1CCCN2CCCC2C1. The summed E-state index contributed by atoms with van der Waals surface area (Å²) in [5, 5.41) is 0.0129. The first-order valence-electron chi connectivity index (χ1n) is 7.29. The molecule has 2 fully saturated rings. The van der Waals surface area contributed by atoms with Gasteiger partial charge in [0.2, 0.25) is 0 Å². The van der Waals surface area contributed by atoms with E-state index in [0.717, 1.165) is 32.4 Å². The number of fused-ring (bicyclic) bond motifs is 1. The molecule has 3 N–H and O–H groups in total. The first-order chi connectivity index (χ1) is 10.1. The summed E-state index contributed by atoms with van der Waals surface area (Å²) in [6, 6.07) is 3.62. The van der Waals surface area contributed by atoms with Crippen molar-refractivity contribution in [2.24, 2.45) is 5.84 Å². The topological polar surface area (TPSA) is 91.6 Å². The van der Waals surface area contributed by atoms with Crippen LogP contribution in [-0.4, -0.2) is 54.8 Å². The highest BCUT2D eigenvalue weighted by Gasteiger charge is 2.35. The number of rotatable bonds is 3. The first-order valence-corrected chi connectivity index (χ1v) is 8.73. The minimum absolute atomic E-state index is 0.0129. The van der Waals surface area contributed by atoms with E-state index >= 15 is 0 Å². The smallest absolute Gasteiger partial charge is 0.262 e. The van der Waals surface area contributed by atoms with Crippen LogP contribution >= 0.6 is 0 Å². The summed E-state index contributed by atoms with van der Waals surface area (Å²) >= 11 is 0. The predicted octanol–water partition coefficient (Wildman–Crippen LogP) is 0.226. The van der Waals surface area contributed by atoms with Crippen LogP contribution in [-0.2, 0) is 10.0 Å². The lowest BCUT2D eigenvalue weighted by molar-refractivity contribution is 0.257. The van der Waals surface area contributed by atoms with Gasteiger partial charge < -0.3 is 5.43 Å². The Morgan fingerprint density at radius 3 is 2.90 bits per heavy atom. The maximum absolute atomic E-state index is 12.9. The molecule has 116 valence electrons. The van der Waals surface area contributed by atoms with Crippen molar-refractivity contribution in [3.63, 3.8) is 0 Å². The van der Waals surface area contributed by atoms with Crippen LogP contribution in [0.5, 0.6) is 0 Å². The summed E-state index contributed by atoms with van der Waals surface area (Å²) in [7, 11) is -3.61. The van der Waals surface area contributed by atoms with E-state index in [9.17, 15) is 8.42 Å². The molecule has 0 spiro atoms. The number of aromatic nitrogens is 1. The van der Waals surface area contributed by atoms with Gasteiger partial charge in [0.25, 0.3) is 10.0 Å². The van der Waals surface area contributed by atoms with E-state index < -0.39 is 10.0 Å². The average Bonchev–Trinajstić information content (AvgIpc) is 2.83. The summed E-state index contributed by atoms with van der Waals surface area (Å²) in [4.78, 5) is 6.43. The van der Waals surface area contributed by atoms with Gasteiger partial charge in [-0.15, -0.1) is 0 Å². The van der Waals surface area contributed by atoms with E-state index in [1.165, 1.54) is 6.20 Å². The van der Waals surface area contributed by atoms with Crippen molar-refractivity contribution < 1.29 is 8.42 Å². The zero-order chi connectivity index (χ0) is 14.9. The number of nitrogen functional groups attached to an aromatic ring is 1. The zero-order valence-electron chi connectivity index (χ0n) is 11.9. The Balaban J connectivity index is 1.90. The molecule has 3 rings (SSSR count). The normalized spacial score (nSPS) is 24.5. The van der Waals surface area contributed by atoms with Crippen molar-refractivity contribution in [3.8, 4) is 0 Å². The van der Waals surface area contributed by atoms with Crippen LogP contribution in [0.25, 0.3) is 0 Å². The van der Waals surface area contributed by atoms with Crippen LogP contribution < -0.4 is 11.3 Å². The number of hydrogen-bond acceptors (Lipinski definition) is 6. The second-order valence-electron chi connectivity index (χ2n) is 5.55. The predicted molar refractivity (Wildman–Crippen MR) is 80.0 cm³/mol. The largest absolute Gasteiger partial charge is 0.321 e. The summed E-state index contributed by atoms with van der Waals surface area (Å²) in [5.74, 6) is 5.41. The van der Waals surface area contributed by atoms with Crippen molar-refractivity contribution in [3.05, 3.63) is 18.3 Å². The molecule has 1 aromatic rings. The van der Waals surface area contributed by atoms with Crippen LogP contribution in [0.1, 0.15) is 19.3 Å². The number of pyridine rings is 1. The maximum atomic E-state index is 12.9. The Labute approximate surface area is 125 Å². The van der Waals surface area contributed by atoms with Gasteiger partial charge in [-0.1, -0.05) is 0 Å². The van der Waals surface area contributed by atoms with Gasteiger partial charge in [-0.25, -0.2) is 13.4 Å². The van der Waals surface area contributed by atoms with Gasteiger partial charge >= 0.3 is 0 Å². The van der Waals surface area contributed by atoms with Gasteiger partial charge in [0.1, 0.15) is 0 Å². The highest BCUT2D eigenvalue weighted by atomic mass is 32.2. The van der Waals surface area contributed by atoms with Gasteiger partial charge in [-0.05, 0) is 44.5 Å². The molecular formula is C13H21N5O2S. The van der Waals surface area contributed by atoms with Gasteiger partial charge in [-0.2, -0.15) is 4.31 Å². The molecule has 7 nitrogen and oxygen atoms in total. The Bertz CT molecular complexity index is 606. The van der Waals surface area contributed by atoms with Crippen LogP contribution in [0.2, 0.25) is 0 Å². The molecule has 1 aromatic heterocycles. The fourth-order valence-corrected chi connectivity index (χ4v) is 4.80. The molecule has 2 aliphatic heterocycles. The Morgan fingerprint density at radius 2 is 2.10 bits per heavy atom. The number of nitrogens with one attached hydrogen (secondary N) is 1. The molecule has 21 heavy (non-hydrogen) atoms. The molecule has 1 atom stereocenters. The molecule has 1 unspecified atom stereocenters. The van der Waals surface area contributed by atoms with Crippen LogP contribution in [0.3, 0.4) is 0 Å². The third kappa shape index (κ3) is 2.76. The van der Waals surface area contributed by atoms with Crippen molar-refractivity contribution in [1.82, 2.24) is 14.2 Å². The monoisotopic (exact) mass is 311 g/mol. The van der Waals surface area contributed by atoms with Gasteiger partial charge in [0.05, 0.1) is 5.69 Å². The van der Waals surface area contributed by atoms with Crippen LogP contribution in [0.4, 0.5) is 5.69 Å². The minimum atomic E-state index is -3.61. The molecule has 0 aromatic carbocycles. The van der Waals surface area contributed by atoms with E-state index in [0.29, 0.717) is 24.8 Å². The van der Waals surface area contributed by atoms with Gasteiger partial charge in [0, 0.05) is 25.3 Å². The summed E-state index contributed by atoms with van der Waals surface area (Å²) in [6.45, 7) is 3.14. The second kappa shape index (κ2) is 5.88. The van der Waals surface area contributed by atoms with Gasteiger partial charge in [0.15, 0.2) is 5.03 Å². The van der Waals surface area contributed by atoms with E-state index in [1.54, 1.807) is 16.4 Å². The highest BCUT2D eigenvalue weighted by Crippen LogP contribution is 2.27. The van der Waals surface area contributed by atoms with E-state index in [4.69, 9.17) is 5.84 Å². The fraction of sp³-hybridized carbons (Fsp3) is 0.615. The van der Waals surface area contributed by atoms with Crippen LogP contribution in [0.15, 0.2) is 23.4 Å². The second-order valence-corrected chi connectivity index (χ2v) is 7.40. The van der Waals surface area contributed by atoms with Gasteiger partial charge in [-0.3, -0.25) is 10.7 Å². The Kier molecular flexibility index (Phi) is 4.12. The molecule has 0 radical (unpaired) electrons. The molecule has 2 saturated heterocycles. The first kappa shape index (κ1) is 14.7. The molecule has 0 bridgehead atoms. The third-order valence-electron chi connectivity index (χ3n) is 4.28. The zero-order valence-corrected chi connectivity index (χ0v) is 12.7. The van der Waals surface area contributed by atoms with Crippen molar-refractivity contribution in [2.75, 3.05) is 31.6 Å².